The van der Waals surface area contributed by atoms with Crippen molar-refractivity contribution in [1.29, 1.82) is 0 Å². The molecule has 0 saturated heterocycles. The zero-order valence-electron chi connectivity index (χ0n) is 17.1. The van der Waals surface area contributed by atoms with Gasteiger partial charge in [0.1, 0.15) is 9.71 Å². The van der Waals surface area contributed by atoms with Crippen molar-refractivity contribution >= 4 is 62.0 Å². The normalized spacial score (nSPS) is 13.8. The number of nitrogen functional groups attached to an aromatic ring is 1. The van der Waals surface area contributed by atoms with Crippen LogP contribution in [0.1, 0.15) is 26.5 Å². The Kier molecular flexibility index (Phi) is 5.78. The third-order valence-corrected chi connectivity index (χ3v) is 7.54. The van der Waals surface area contributed by atoms with Gasteiger partial charge in [-0.1, -0.05) is 59.6 Å². The first-order valence-corrected chi connectivity index (χ1v) is 11.8. The highest BCUT2D eigenvalue weighted by Crippen LogP contribution is 2.36. The molecule has 0 saturated carbocycles. The van der Waals surface area contributed by atoms with Crippen molar-refractivity contribution in [2.45, 2.75) is 19.5 Å². The third-order valence-electron chi connectivity index (χ3n) is 5.60. The Morgan fingerprint density at radius 1 is 1.16 bits per heavy atom. The molecule has 0 aliphatic carbocycles. The molecule has 162 valence electrons. The molecule has 0 spiro atoms. The number of hydrogen-bond donors (Lipinski definition) is 2. The molecule has 5 rings (SSSR count). The number of anilines is 2. The van der Waals surface area contributed by atoms with Gasteiger partial charge in [0.05, 0.1) is 21.4 Å². The van der Waals surface area contributed by atoms with Crippen LogP contribution in [-0.4, -0.2) is 22.3 Å². The van der Waals surface area contributed by atoms with E-state index in [1.165, 1.54) is 16.9 Å². The summed E-state index contributed by atoms with van der Waals surface area (Å²) in [6.07, 6.45) is 0.871. The number of carbonyl (C=O) groups excluding carboxylic acids is 1. The fourth-order valence-electron chi connectivity index (χ4n) is 3.98. The van der Waals surface area contributed by atoms with Gasteiger partial charge >= 0.3 is 0 Å². The highest BCUT2D eigenvalue weighted by molar-refractivity contribution is 7.21. The number of benzene rings is 2. The predicted molar refractivity (Wildman–Crippen MR) is 133 cm³/mol. The number of nitrogens with zero attached hydrogens (tertiary/aromatic N) is 2. The first-order valence-electron chi connectivity index (χ1n) is 10.2. The summed E-state index contributed by atoms with van der Waals surface area (Å²) < 4.78 is 0. The number of thiophene rings is 1. The van der Waals surface area contributed by atoms with Gasteiger partial charge in [0.15, 0.2) is 0 Å². The van der Waals surface area contributed by atoms with Crippen molar-refractivity contribution in [3.05, 3.63) is 86.3 Å². The number of nitrogens with one attached hydrogen (secondary N) is 1. The van der Waals surface area contributed by atoms with Gasteiger partial charge in [0.25, 0.3) is 5.91 Å². The minimum Gasteiger partial charge on any atom is -0.397 e. The smallest absolute Gasteiger partial charge is 0.267 e. The predicted octanol–water partition coefficient (Wildman–Crippen LogP) is 6.00. The number of rotatable bonds is 4. The van der Waals surface area contributed by atoms with E-state index in [4.69, 9.17) is 33.9 Å². The van der Waals surface area contributed by atoms with E-state index in [1.807, 2.05) is 6.07 Å². The maximum atomic E-state index is 12.9. The van der Waals surface area contributed by atoms with E-state index in [0.29, 0.717) is 26.3 Å². The summed E-state index contributed by atoms with van der Waals surface area (Å²) in [6.45, 7) is 2.65. The molecule has 0 atom stereocenters. The first kappa shape index (κ1) is 21.2. The topological polar surface area (TPSA) is 71.2 Å². The molecule has 0 unspecified atom stereocenters. The summed E-state index contributed by atoms with van der Waals surface area (Å²) in [5.41, 5.74) is 10.8. The van der Waals surface area contributed by atoms with Crippen LogP contribution in [0.3, 0.4) is 0 Å². The monoisotopic (exact) mass is 482 g/mol. The summed E-state index contributed by atoms with van der Waals surface area (Å²) in [5.74, 6) is -0.321. The van der Waals surface area contributed by atoms with Crippen molar-refractivity contribution < 1.29 is 4.79 Å². The highest BCUT2D eigenvalue weighted by atomic mass is 35.5. The molecule has 5 nitrogen and oxygen atoms in total. The van der Waals surface area contributed by atoms with Gasteiger partial charge in [0, 0.05) is 37.1 Å². The molecular formula is C24H20Cl2N4OS. The Hall–Kier alpha value is -2.64. The number of halogens is 2. The van der Waals surface area contributed by atoms with Crippen molar-refractivity contribution in [1.82, 2.24) is 9.88 Å². The number of amides is 1. The molecule has 0 fully saturated rings. The first-order chi connectivity index (χ1) is 15.5. The van der Waals surface area contributed by atoms with Crippen LogP contribution in [0.5, 0.6) is 0 Å². The molecule has 1 aliphatic rings. The van der Waals surface area contributed by atoms with Crippen molar-refractivity contribution in [2.75, 3.05) is 17.6 Å². The second-order valence-electron chi connectivity index (χ2n) is 7.79. The number of hydrogen-bond acceptors (Lipinski definition) is 5. The Morgan fingerprint density at radius 3 is 2.78 bits per heavy atom. The lowest BCUT2D eigenvalue weighted by atomic mass is 10.0. The van der Waals surface area contributed by atoms with Crippen LogP contribution in [0.2, 0.25) is 10.0 Å². The van der Waals surface area contributed by atoms with Crippen LogP contribution in [0.15, 0.2) is 54.6 Å². The van der Waals surface area contributed by atoms with Crippen LogP contribution in [0, 0.1) is 0 Å². The minimum absolute atomic E-state index is 0.300. The standard InChI is InChI=1S/C24H20Cl2N4OS/c25-17-7-4-8-19(20(17)26)28-23(31)22-21(27)16-11-15-13-30(12-14-5-2-1-3-6-14)10-9-18(15)29-24(16)32-22/h1-8,11H,9-10,12-13,27H2,(H,28,31). The van der Waals surface area contributed by atoms with Crippen LogP contribution < -0.4 is 11.1 Å². The van der Waals surface area contributed by atoms with E-state index < -0.39 is 0 Å². The number of nitrogens with two attached hydrogens (primary N) is 1. The summed E-state index contributed by atoms with van der Waals surface area (Å²) in [6, 6.07) is 17.6. The lowest BCUT2D eigenvalue weighted by molar-refractivity contribution is 0.103. The molecule has 0 radical (unpaired) electrons. The average molecular weight is 483 g/mol. The highest BCUT2D eigenvalue weighted by Gasteiger charge is 2.23. The molecule has 4 aromatic rings. The molecule has 3 N–H and O–H groups in total. The Balaban J connectivity index is 1.41. The number of fused-ring (bicyclic) bond motifs is 2. The third kappa shape index (κ3) is 4.07. The fourth-order valence-corrected chi connectivity index (χ4v) is 5.32. The Bertz CT molecular complexity index is 1320. The molecule has 1 amide bonds. The molecule has 2 aromatic heterocycles. The summed E-state index contributed by atoms with van der Waals surface area (Å²) in [5, 5.41) is 4.31. The molecule has 1 aliphatic heterocycles. The van der Waals surface area contributed by atoms with Gasteiger partial charge in [-0.3, -0.25) is 9.69 Å². The second-order valence-corrected chi connectivity index (χ2v) is 9.58. The minimum atomic E-state index is -0.321. The summed E-state index contributed by atoms with van der Waals surface area (Å²) >= 11 is 13.6. The zero-order valence-corrected chi connectivity index (χ0v) is 19.4. The van der Waals surface area contributed by atoms with Gasteiger partial charge in [0.2, 0.25) is 0 Å². The maximum Gasteiger partial charge on any atom is 0.267 e. The van der Waals surface area contributed by atoms with Gasteiger partial charge in [-0.15, -0.1) is 11.3 Å². The maximum absolute atomic E-state index is 12.9. The lowest BCUT2D eigenvalue weighted by Crippen LogP contribution is -2.30. The van der Waals surface area contributed by atoms with Gasteiger partial charge < -0.3 is 11.1 Å². The molecule has 3 heterocycles. The molecule has 2 aromatic carbocycles. The van der Waals surface area contributed by atoms with E-state index >= 15 is 0 Å². The van der Waals surface area contributed by atoms with E-state index in [2.05, 4.69) is 40.5 Å². The van der Waals surface area contributed by atoms with Gasteiger partial charge in [-0.2, -0.15) is 0 Å². The van der Waals surface area contributed by atoms with Crippen LogP contribution >= 0.6 is 34.5 Å². The van der Waals surface area contributed by atoms with E-state index in [0.717, 1.165) is 47.5 Å². The number of pyridine rings is 1. The molecule has 32 heavy (non-hydrogen) atoms. The van der Waals surface area contributed by atoms with E-state index in [-0.39, 0.29) is 5.91 Å². The van der Waals surface area contributed by atoms with Gasteiger partial charge in [-0.25, -0.2) is 4.98 Å². The number of carbonyl (C=O) groups is 1. The van der Waals surface area contributed by atoms with Crippen molar-refractivity contribution in [2.24, 2.45) is 0 Å². The lowest BCUT2D eigenvalue weighted by Gasteiger charge is -2.28. The molecule has 8 heteroatoms. The molecule has 0 bridgehead atoms. The Labute approximate surface area is 199 Å². The summed E-state index contributed by atoms with van der Waals surface area (Å²) in [4.78, 5) is 21.4. The van der Waals surface area contributed by atoms with Crippen molar-refractivity contribution in [3.8, 4) is 0 Å². The fraction of sp³-hybridized carbons (Fsp3) is 0.167. The van der Waals surface area contributed by atoms with Gasteiger partial charge in [-0.05, 0) is 29.3 Å². The van der Waals surface area contributed by atoms with E-state index in [9.17, 15) is 4.79 Å². The van der Waals surface area contributed by atoms with Crippen molar-refractivity contribution in [3.63, 3.8) is 0 Å². The largest absolute Gasteiger partial charge is 0.397 e. The number of aromatic nitrogens is 1. The van der Waals surface area contributed by atoms with Crippen LogP contribution in [0.4, 0.5) is 11.4 Å². The Morgan fingerprint density at radius 2 is 1.97 bits per heavy atom. The van der Waals surface area contributed by atoms with Crippen LogP contribution in [-0.2, 0) is 19.5 Å². The zero-order chi connectivity index (χ0) is 22.2. The average Bonchev–Trinajstić information content (AvgIpc) is 3.12. The SMILES string of the molecule is Nc1c(C(=O)Nc2cccc(Cl)c2Cl)sc2nc3c(cc12)CN(Cc1ccccc1)CC3. The van der Waals surface area contributed by atoms with Crippen LogP contribution in [0.25, 0.3) is 10.2 Å². The molecular weight excluding hydrogens is 463 g/mol. The quantitative estimate of drug-likeness (QED) is 0.374. The van der Waals surface area contributed by atoms with E-state index in [1.54, 1.807) is 18.2 Å². The summed E-state index contributed by atoms with van der Waals surface area (Å²) in [7, 11) is 0. The second kappa shape index (κ2) is 8.71.